The number of amides is 3. The number of carboxylic acid groups (broad SMARTS) is 2. The second-order valence-electron chi connectivity index (χ2n) is 12.3. The molecule has 50 heavy (non-hydrogen) atoms. The number of carboxylic acids is 2. The molecule has 3 aliphatic heterocycles. The van der Waals surface area contributed by atoms with Crippen LogP contribution in [-0.4, -0.2) is 120 Å². The summed E-state index contributed by atoms with van der Waals surface area (Å²) in [5.74, 6) is -5.59. The van der Waals surface area contributed by atoms with Crippen molar-refractivity contribution in [3.05, 3.63) is 49.5 Å². The second kappa shape index (κ2) is 14.3. The molecule has 18 nitrogen and oxygen atoms in total. The third kappa shape index (κ3) is 7.28. The molecule has 0 spiro atoms. The quantitative estimate of drug-likeness (QED) is 0.0608. The summed E-state index contributed by atoms with van der Waals surface area (Å²) in [5, 5.41) is 40.6. The van der Waals surface area contributed by atoms with Gasteiger partial charge in [0.2, 0.25) is 11.0 Å². The van der Waals surface area contributed by atoms with Crippen LogP contribution in [0, 0.1) is 0 Å². The van der Waals surface area contributed by atoms with Gasteiger partial charge in [0.25, 0.3) is 17.7 Å². The Balaban J connectivity index is 1.30. The number of aromatic nitrogens is 2. The standard InChI is InChI=1S/C29H33ClN8O10S2/c1-29(2,27(46)47)48-36-17(14-12-50-28(31)34-14)23(42)35-19-24(43)37-20(26(44)45)13(11-49-25(19)37)10-38(6-3-4-7-38)8-5-32-22(41)18-16(30)21(40)15(39)9-33-18/h9,12,19,25H,3-8,10-11H2,1-2H3,(H7-,31,32,33,34,35,36,39,40,41,42,44,45,46,47)/t19-,25-/m1/s1. The van der Waals surface area contributed by atoms with Crippen molar-refractivity contribution in [3.8, 4) is 5.75 Å². The number of nitrogens with one attached hydrogen (secondary N) is 3. The molecule has 5 heterocycles. The Hall–Kier alpha value is -4.66. The van der Waals surface area contributed by atoms with Crippen molar-refractivity contribution in [2.75, 3.05) is 44.2 Å². The highest BCUT2D eigenvalue weighted by Gasteiger charge is 2.54. The van der Waals surface area contributed by atoms with E-state index in [1.165, 1.54) is 31.0 Å². The van der Waals surface area contributed by atoms with Gasteiger partial charge < -0.3 is 50.8 Å². The predicted octanol–water partition coefficient (Wildman–Crippen LogP) is -1.20. The Labute approximate surface area is 296 Å². The molecule has 2 aromatic heterocycles. The topological polar surface area (TPSA) is 270 Å². The van der Waals surface area contributed by atoms with Gasteiger partial charge in [-0.25, -0.2) is 9.78 Å². The lowest BCUT2D eigenvalue weighted by molar-refractivity contribution is -0.911. The number of H-pyrrole nitrogens is 1. The average molecular weight is 753 g/mol. The normalized spacial score (nSPS) is 20.2. The third-order valence-electron chi connectivity index (χ3n) is 8.53. The largest absolute Gasteiger partial charge is 0.543 e. The summed E-state index contributed by atoms with van der Waals surface area (Å²) in [5.41, 5.74) is 2.56. The number of likely N-dealkylation sites (tertiary alicyclic amines) is 1. The van der Waals surface area contributed by atoms with E-state index in [1.54, 1.807) is 0 Å². The Kier molecular flexibility index (Phi) is 10.5. The van der Waals surface area contributed by atoms with Gasteiger partial charge >= 0.3 is 5.97 Å². The molecule has 0 aromatic carbocycles. The Bertz CT molecular complexity index is 1870. The molecule has 21 heteroatoms. The highest BCUT2D eigenvalue weighted by Crippen LogP contribution is 2.41. The molecule has 2 atom stereocenters. The number of halogens is 1. The first-order chi connectivity index (χ1) is 23.5. The number of β-lactam (4-membered cyclic amide) rings is 1. The molecule has 0 unspecified atom stereocenters. The number of hydrogen-bond donors (Lipinski definition) is 6. The number of oxime groups is 1. The monoisotopic (exact) mass is 752 g/mol. The van der Waals surface area contributed by atoms with Gasteiger partial charge in [-0.05, 0) is 13.8 Å². The maximum atomic E-state index is 13.4. The van der Waals surface area contributed by atoms with Crippen molar-refractivity contribution in [3.63, 3.8) is 0 Å². The number of quaternary nitrogens is 1. The summed E-state index contributed by atoms with van der Waals surface area (Å²) in [6.45, 7) is 4.63. The maximum Gasteiger partial charge on any atom is 0.350 e. The zero-order chi connectivity index (χ0) is 36.5. The van der Waals surface area contributed by atoms with Gasteiger partial charge in [-0.3, -0.25) is 24.1 Å². The number of fused-ring (bicyclic) bond motifs is 1. The van der Waals surface area contributed by atoms with Crippen LogP contribution in [0.3, 0.4) is 0 Å². The molecule has 0 saturated carbocycles. The van der Waals surface area contributed by atoms with Gasteiger partial charge in [0.05, 0.1) is 37.8 Å². The number of hydrogen-bond acceptors (Lipinski definition) is 14. The van der Waals surface area contributed by atoms with Crippen LogP contribution in [0.4, 0.5) is 5.13 Å². The van der Waals surface area contributed by atoms with Crippen molar-refractivity contribution in [1.82, 2.24) is 25.5 Å². The van der Waals surface area contributed by atoms with Gasteiger partial charge in [0, 0.05) is 35.7 Å². The van der Waals surface area contributed by atoms with Crippen molar-refractivity contribution >= 4 is 75.2 Å². The molecule has 2 saturated heterocycles. The van der Waals surface area contributed by atoms with E-state index in [9.17, 15) is 44.1 Å². The number of aromatic hydroxyl groups is 1. The van der Waals surface area contributed by atoms with E-state index < -0.39 is 68.6 Å². The summed E-state index contributed by atoms with van der Waals surface area (Å²) in [6, 6.07) is -1.15. The number of carbonyl (C=O) groups excluding carboxylic acids is 4. The van der Waals surface area contributed by atoms with Crippen molar-refractivity contribution in [2.45, 2.75) is 43.7 Å². The van der Waals surface area contributed by atoms with Crippen molar-refractivity contribution in [1.29, 1.82) is 0 Å². The summed E-state index contributed by atoms with van der Waals surface area (Å²) in [7, 11) is 0. The summed E-state index contributed by atoms with van der Waals surface area (Å²) < 4.78 is 0.420. The second-order valence-corrected chi connectivity index (χ2v) is 14.7. The molecule has 2 fully saturated rings. The number of aliphatic carboxylic acids is 2. The van der Waals surface area contributed by atoms with E-state index in [2.05, 4.69) is 25.8 Å². The van der Waals surface area contributed by atoms with Gasteiger partial charge in [-0.15, -0.1) is 23.1 Å². The lowest BCUT2D eigenvalue weighted by Crippen LogP contribution is -2.72. The highest BCUT2D eigenvalue weighted by atomic mass is 35.5. The van der Waals surface area contributed by atoms with Crippen LogP contribution >= 0.6 is 34.7 Å². The molecule has 5 rings (SSSR count). The highest BCUT2D eigenvalue weighted by molar-refractivity contribution is 8.00. The third-order valence-corrected chi connectivity index (χ3v) is 10.9. The molecule has 0 bridgehead atoms. The molecule has 2 aromatic rings. The van der Waals surface area contributed by atoms with Gasteiger partial charge in [0.15, 0.2) is 16.6 Å². The number of rotatable bonds is 13. The van der Waals surface area contributed by atoms with E-state index >= 15 is 0 Å². The number of pyridine rings is 1. The summed E-state index contributed by atoms with van der Waals surface area (Å²) >= 11 is 8.19. The minimum absolute atomic E-state index is 0.0148. The van der Waals surface area contributed by atoms with Gasteiger partial charge in [0.1, 0.15) is 34.4 Å². The zero-order valence-electron chi connectivity index (χ0n) is 26.7. The number of aromatic amines is 1. The van der Waals surface area contributed by atoms with Crippen molar-refractivity contribution in [2.24, 2.45) is 5.16 Å². The lowest BCUT2D eigenvalue weighted by Gasteiger charge is -2.51. The smallest absolute Gasteiger partial charge is 0.350 e. The van der Waals surface area contributed by atoms with Crippen molar-refractivity contribution < 1.29 is 48.6 Å². The molecule has 0 aliphatic carbocycles. The summed E-state index contributed by atoms with van der Waals surface area (Å²) in [4.78, 5) is 88.2. The van der Waals surface area contributed by atoms with Crippen LogP contribution in [0.1, 0.15) is 42.9 Å². The Morgan fingerprint density at radius 1 is 1.28 bits per heavy atom. The van der Waals surface area contributed by atoms with Crippen LogP contribution < -0.4 is 26.9 Å². The fourth-order valence-corrected chi connectivity index (χ4v) is 7.95. The number of thiazole rings is 1. The van der Waals surface area contributed by atoms with E-state index in [-0.39, 0.29) is 41.1 Å². The number of nitrogen functional groups attached to an aromatic ring is 1. The summed E-state index contributed by atoms with van der Waals surface area (Å²) in [6.07, 6.45) is 2.68. The Morgan fingerprint density at radius 3 is 2.60 bits per heavy atom. The van der Waals surface area contributed by atoms with E-state index in [4.69, 9.17) is 22.2 Å². The van der Waals surface area contributed by atoms with Crippen LogP contribution in [0.5, 0.6) is 5.75 Å². The minimum atomic E-state index is -1.80. The minimum Gasteiger partial charge on any atom is -0.543 e. The molecule has 3 aliphatic rings. The molecule has 7 N–H and O–H groups in total. The first-order valence-corrected chi connectivity index (χ1v) is 17.5. The molecular weight excluding hydrogens is 720 g/mol. The predicted molar refractivity (Wildman–Crippen MR) is 178 cm³/mol. The van der Waals surface area contributed by atoms with Crippen LogP contribution in [-0.2, 0) is 24.0 Å². The molecule has 0 radical (unpaired) electrons. The molecule has 268 valence electrons. The lowest BCUT2D eigenvalue weighted by atomic mass is 10.0. The maximum absolute atomic E-state index is 13.4. The molecular formula is C29H33ClN8O10S2. The fourth-order valence-electron chi connectivity index (χ4n) is 5.83. The van der Waals surface area contributed by atoms with Crippen LogP contribution in [0.25, 0.3) is 0 Å². The van der Waals surface area contributed by atoms with Gasteiger partial charge in [-0.2, -0.15) is 0 Å². The SMILES string of the molecule is CC(C)(O/N=C(\C(=O)N[C@@H]1C(=O)N2C(C(=O)[O-])=C(C[N+]3(CCNC(=O)c4[nH]cc(O)c(=O)c4Cl)CCCC3)CS[C@H]12)c1csc(N)n1)C(=O)O. The van der Waals surface area contributed by atoms with E-state index in [1.807, 2.05) is 0 Å². The van der Waals surface area contributed by atoms with E-state index in [0.29, 0.717) is 29.7 Å². The van der Waals surface area contributed by atoms with Gasteiger partial charge in [-0.1, -0.05) is 16.8 Å². The average Bonchev–Trinajstić information content (AvgIpc) is 3.71. The van der Waals surface area contributed by atoms with Crippen LogP contribution in [0.2, 0.25) is 5.02 Å². The first-order valence-electron chi connectivity index (χ1n) is 15.2. The number of nitrogens with zero attached hydrogens (tertiary/aromatic N) is 4. The first kappa shape index (κ1) is 36.6. The molecule has 3 amide bonds. The number of anilines is 1. The van der Waals surface area contributed by atoms with Crippen LogP contribution in [0.15, 0.2) is 32.8 Å². The Morgan fingerprint density at radius 2 is 1.98 bits per heavy atom. The number of carbonyl (C=O) groups is 5. The number of thioether (sulfide) groups is 1. The zero-order valence-corrected chi connectivity index (χ0v) is 29.1. The van der Waals surface area contributed by atoms with E-state index in [0.717, 1.165) is 35.3 Å². The fraction of sp³-hybridized carbons (Fsp3) is 0.448. The number of nitrogens with two attached hydrogens (primary N) is 1.